The van der Waals surface area contributed by atoms with Crippen LogP contribution in [0.15, 0.2) is 24.3 Å². The van der Waals surface area contributed by atoms with Crippen molar-refractivity contribution in [3.8, 4) is 0 Å². The lowest BCUT2D eigenvalue weighted by molar-refractivity contribution is -0.139. The van der Waals surface area contributed by atoms with Gasteiger partial charge in [-0.25, -0.2) is 0 Å². The monoisotopic (exact) mass is 277 g/mol. The average molecular weight is 277 g/mol. The van der Waals surface area contributed by atoms with Gasteiger partial charge in [0.1, 0.15) is 0 Å². The van der Waals surface area contributed by atoms with Gasteiger partial charge in [0.2, 0.25) is 5.91 Å². The Kier molecular flexibility index (Phi) is 5.31. The Morgan fingerprint density at radius 3 is 2.40 bits per heavy atom. The number of rotatable bonds is 6. The zero-order valence-corrected chi connectivity index (χ0v) is 12.6. The third-order valence-electron chi connectivity index (χ3n) is 3.30. The Hall–Kier alpha value is -1.84. The number of hydrogen-bond donors (Lipinski definition) is 2. The molecule has 0 saturated carbocycles. The fourth-order valence-corrected chi connectivity index (χ4v) is 2.35. The Balaban J connectivity index is 2.63. The molecule has 1 atom stereocenters. The summed E-state index contributed by atoms with van der Waals surface area (Å²) in [7, 11) is 0. The highest BCUT2D eigenvalue weighted by atomic mass is 16.4. The van der Waals surface area contributed by atoms with Crippen molar-refractivity contribution in [2.75, 3.05) is 0 Å². The number of hydrogen-bond acceptors (Lipinski definition) is 2. The molecule has 2 N–H and O–H groups in total. The molecular weight excluding hydrogens is 254 g/mol. The fraction of sp³-hybridized carbons (Fsp3) is 0.500. The van der Waals surface area contributed by atoms with Gasteiger partial charge in [-0.2, -0.15) is 0 Å². The second kappa shape index (κ2) is 6.55. The van der Waals surface area contributed by atoms with Crippen LogP contribution < -0.4 is 5.32 Å². The molecule has 0 bridgehead atoms. The standard InChI is InChI=1S/C16H23NO3/c1-11-7-5-6-8-13(11)12(2)17-14(18)9-16(3,4)10-15(19)20/h5-8,12H,9-10H2,1-4H3,(H,17,18)(H,19,20)/t12-/m1/s1. The van der Waals surface area contributed by atoms with Crippen molar-refractivity contribution in [2.24, 2.45) is 5.41 Å². The molecule has 4 heteroatoms. The highest BCUT2D eigenvalue weighted by molar-refractivity contribution is 5.78. The highest BCUT2D eigenvalue weighted by Crippen LogP contribution is 2.25. The van der Waals surface area contributed by atoms with Crippen molar-refractivity contribution in [2.45, 2.75) is 46.6 Å². The van der Waals surface area contributed by atoms with E-state index >= 15 is 0 Å². The summed E-state index contributed by atoms with van der Waals surface area (Å²) in [5.41, 5.74) is 1.67. The summed E-state index contributed by atoms with van der Waals surface area (Å²) in [6.45, 7) is 7.52. The Labute approximate surface area is 120 Å². The molecule has 0 fully saturated rings. The van der Waals surface area contributed by atoms with Crippen LogP contribution in [0.2, 0.25) is 0 Å². The summed E-state index contributed by atoms with van der Waals surface area (Å²) in [4.78, 5) is 22.8. The smallest absolute Gasteiger partial charge is 0.303 e. The molecule has 0 aliphatic rings. The number of amides is 1. The van der Waals surface area contributed by atoms with Crippen molar-refractivity contribution >= 4 is 11.9 Å². The van der Waals surface area contributed by atoms with E-state index in [0.717, 1.165) is 11.1 Å². The van der Waals surface area contributed by atoms with Crippen LogP contribution in [0, 0.1) is 12.3 Å². The maximum Gasteiger partial charge on any atom is 0.303 e. The van der Waals surface area contributed by atoms with Crippen LogP contribution in [0.4, 0.5) is 0 Å². The molecule has 110 valence electrons. The first-order valence-electron chi connectivity index (χ1n) is 6.78. The lowest BCUT2D eigenvalue weighted by Gasteiger charge is -2.23. The average Bonchev–Trinajstić information content (AvgIpc) is 2.25. The Bertz CT molecular complexity index is 494. The number of benzene rings is 1. The summed E-state index contributed by atoms with van der Waals surface area (Å²) in [6, 6.07) is 7.82. The topological polar surface area (TPSA) is 66.4 Å². The van der Waals surface area contributed by atoms with E-state index in [2.05, 4.69) is 5.32 Å². The number of carboxylic acid groups (broad SMARTS) is 1. The van der Waals surface area contributed by atoms with Crippen molar-refractivity contribution in [3.05, 3.63) is 35.4 Å². The van der Waals surface area contributed by atoms with Gasteiger partial charge in [0.05, 0.1) is 12.5 Å². The van der Waals surface area contributed by atoms with Gasteiger partial charge in [-0.1, -0.05) is 38.1 Å². The molecule has 0 aromatic heterocycles. The maximum absolute atomic E-state index is 12.0. The van der Waals surface area contributed by atoms with Gasteiger partial charge < -0.3 is 10.4 Å². The van der Waals surface area contributed by atoms with E-state index in [9.17, 15) is 9.59 Å². The first-order chi connectivity index (χ1) is 9.21. The summed E-state index contributed by atoms with van der Waals surface area (Å²) in [5, 5.41) is 11.8. The summed E-state index contributed by atoms with van der Waals surface area (Å²) < 4.78 is 0. The van der Waals surface area contributed by atoms with Crippen molar-refractivity contribution in [1.82, 2.24) is 5.32 Å². The second-order valence-electron chi connectivity index (χ2n) is 6.06. The molecule has 0 radical (unpaired) electrons. The first-order valence-corrected chi connectivity index (χ1v) is 6.78. The van der Waals surface area contributed by atoms with Crippen LogP contribution in [0.5, 0.6) is 0 Å². The van der Waals surface area contributed by atoms with Gasteiger partial charge in [-0.05, 0) is 30.4 Å². The number of carboxylic acids is 1. The summed E-state index contributed by atoms with van der Waals surface area (Å²) >= 11 is 0. The molecule has 0 heterocycles. The first kappa shape index (κ1) is 16.2. The van der Waals surface area contributed by atoms with Crippen molar-refractivity contribution in [3.63, 3.8) is 0 Å². The summed E-state index contributed by atoms with van der Waals surface area (Å²) in [5.74, 6) is -0.998. The molecule has 0 spiro atoms. The van der Waals surface area contributed by atoms with Crippen molar-refractivity contribution in [1.29, 1.82) is 0 Å². The van der Waals surface area contributed by atoms with E-state index in [-0.39, 0.29) is 24.8 Å². The van der Waals surface area contributed by atoms with E-state index in [1.807, 2.05) is 38.1 Å². The lowest BCUT2D eigenvalue weighted by atomic mass is 9.85. The number of carbonyl (C=O) groups excluding carboxylic acids is 1. The number of carbonyl (C=O) groups is 2. The van der Waals surface area contributed by atoms with Crippen LogP contribution >= 0.6 is 0 Å². The molecule has 0 aliphatic heterocycles. The fourth-order valence-electron chi connectivity index (χ4n) is 2.35. The van der Waals surface area contributed by atoms with E-state index in [1.54, 1.807) is 13.8 Å². The minimum Gasteiger partial charge on any atom is -0.481 e. The Morgan fingerprint density at radius 1 is 1.25 bits per heavy atom. The zero-order valence-electron chi connectivity index (χ0n) is 12.6. The molecular formula is C16H23NO3. The molecule has 0 saturated heterocycles. The van der Waals surface area contributed by atoms with E-state index in [4.69, 9.17) is 5.11 Å². The largest absolute Gasteiger partial charge is 0.481 e. The van der Waals surface area contributed by atoms with Crippen LogP contribution in [-0.2, 0) is 9.59 Å². The van der Waals surface area contributed by atoms with Gasteiger partial charge >= 0.3 is 5.97 Å². The third kappa shape index (κ3) is 5.03. The van der Waals surface area contributed by atoms with Crippen molar-refractivity contribution < 1.29 is 14.7 Å². The zero-order chi connectivity index (χ0) is 15.3. The quantitative estimate of drug-likeness (QED) is 0.839. The van der Waals surface area contributed by atoms with Gasteiger partial charge in [0.25, 0.3) is 0 Å². The Morgan fingerprint density at radius 2 is 1.85 bits per heavy atom. The number of aliphatic carboxylic acids is 1. The molecule has 1 amide bonds. The van der Waals surface area contributed by atoms with E-state index in [0.29, 0.717) is 0 Å². The lowest BCUT2D eigenvalue weighted by Crippen LogP contribution is -2.32. The molecule has 1 aromatic rings. The van der Waals surface area contributed by atoms with Crippen LogP contribution in [0.1, 0.15) is 50.8 Å². The highest BCUT2D eigenvalue weighted by Gasteiger charge is 2.26. The van der Waals surface area contributed by atoms with Gasteiger partial charge in [-0.15, -0.1) is 0 Å². The summed E-state index contributed by atoms with van der Waals surface area (Å²) in [6.07, 6.45) is 0.189. The molecule has 0 aliphatic carbocycles. The normalized spacial score (nSPS) is 12.8. The molecule has 4 nitrogen and oxygen atoms in total. The second-order valence-corrected chi connectivity index (χ2v) is 6.06. The minimum atomic E-state index is -0.880. The predicted molar refractivity (Wildman–Crippen MR) is 78.4 cm³/mol. The van der Waals surface area contributed by atoms with E-state index in [1.165, 1.54) is 0 Å². The predicted octanol–water partition coefficient (Wildman–Crippen LogP) is 3.06. The molecule has 1 aromatic carbocycles. The molecule has 1 rings (SSSR count). The van der Waals surface area contributed by atoms with Crippen LogP contribution in [-0.4, -0.2) is 17.0 Å². The van der Waals surface area contributed by atoms with Gasteiger partial charge in [0.15, 0.2) is 0 Å². The maximum atomic E-state index is 12.0. The number of aryl methyl sites for hydroxylation is 1. The van der Waals surface area contributed by atoms with E-state index < -0.39 is 11.4 Å². The van der Waals surface area contributed by atoms with Gasteiger partial charge in [-0.3, -0.25) is 9.59 Å². The third-order valence-corrected chi connectivity index (χ3v) is 3.30. The van der Waals surface area contributed by atoms with Gasteiger partial charge in [0, 0.05) is 6.42 Å². The minimum absolute atomic E-state index is 0.0147. The SMILES string of the molecule is Cc1ccccc1[C@@H](C)NC(=O)CC(C)(C)CC(=O)O. The molecule has 20 heavy (non-hydrogen) atoms. The number of nitrogens with one attached hydrogen (secondary N) is 1. The van der Waals surface area contributed by atoms with Crippen LogP contribution in [0.25, 0.3) is 0 Å². The molecule has 0 unspecified atom stereocenters. The van der Waals surface area contributed by atoms with Crippen LogP contribution in [0.3, 0.4) is 0 Å².